The van der Waals surface area contributed by atoms with Crippen LogP contribution in [-0.4, -0.2) is 47.0 Å². The number of guanidine groups is 1. The van der Waals surface area contributed by atoms with Crippen molar-refractivity contribution in [2.75, 3.05) is 26.3 Å². The number of benzene rings is 2. The van der Waals surface area contributed by atoms with Crippen molar-refractivity contribution >= 4 is 40.7 Å². The average molecular weight is 550 g/mol. The molecule has 0 spiro atoms. The Hall–Kier alpha value is -2.20. The van der Waals surface area contributed by atoms with Gasteiger partial charge < -0.3 is 19.9 Å². The summed E-state index contributed by atoms with van der Waals surface area (Å²) >= 11 is 0. The third kappa shape index (κ3) is 7.74. The summed E-state index contributed by atoms with van der Waals surface area (Å²) in [5.41, 5.74) is 1.23. The highest BCUT2D eigenvalue weighted by molar-refractivity contribution is 14.0. The van der Waals surface area contributed by atoms with Gasteiger partial charge in [-0.15, -0.1) is 34.2 Å². The van der Waals surface area contributed by atoms with Crippen LogP contribution in [-0.2, 0) is 17.7 Å². The summed E-state index contributed by atoms with van der Waals surface area (Å²) in [5, 5.41) is 17.7. The molecule has 0 saturated heterocycles. The lowest BCUT2D eigenvalue weighted by Gasteiger charge is -2.19. The summed E-state index contributed by atoms with van der Waals surface area (Å²) < 4.78 is 7.51. The molecule has 3 rings (SSSR count). The van der Waals surface area contributed by atoms with E-state index in [9.17, 15) is 0 Å². The molecule has 2 aromatic carbocycles. The maximum atomic E-state index is 5.43. The van der Waals surface area contributed by atoms with Crippen LogP contribution in [0.4, 0.5) is 0 Å². The SMILES string of the molecule is CCOCCCN=C(NCCn1cnnc1CC)NC(C)c1ccc2ccccc2c1.I. The maximum Gasteiger partial charge on any atom is 0.191 e. The third-order valence-corrected chi connectivity index (χ3v) is 5.20. The van der Waals surface area contributed by atoms with Crippen molar-refractivity contribution in [2.45, 2.75) is 46.2 Å². The smallest absolute Gasteiger partial charge is 0.191 e. The molecule has 7 nitrogen and oxygen atoms in total. The Bertz CT molecular complexity index is 974. The van der Waals surface area contributed by atoms with Gasteiger partial charge in [-0.05, 0) is 42.7 Å². The first-order valence-electron chi connectivity index (χ1n) is 11.2. The number of hydrogen-bond acceptors (Lipinski definition) is 4. The van der Waals surface area contributed by atoms with Crippen molar-refractivity contribution in [3.63, 3.8) is 0 Å². The first-order valence-corrected chi connectivity index (χ1v) is 11.2. The van der Waals surface area contributed by atoms with E-state index >= 15 is 0 Å². The van der Waals surface area contributed by atoms with Gasteiger partial charge in [-0.3, -0.25) is 4.99 Å². The van der Waals surface area contributed by atoms with Crippen LogP contribution in [0.15, 0.2) is 53.8 Å². The fraction of sp³-hybridized carbons (Fsp3) is 0.458. The van der Waals surface area contributed by atoms with E-state index in [0.717, 1.165) is 50.9 Å². The zero-order valence-electron chi connectivity index (χ0n) is 19.3. The number of aromatic nitrogens is 3. The molecule has 2 N–H and O–H groups in total. The normalized spacial score (nSPS) is 12.4. The molecule has 1 atom stereocenters. The Balaban J connectivity index is 0.00000363. The third-order valence-electron chi connectivity index (χ3n) is 5.20. The molecule has 0 fully saturated rings. The van der Waals surface area contributed by atoms with Gasteiger partial charge in [0.15, 0.2) is 5.96 Å². The lowest BCUT2D eigenvalue weighted by molar-refractivity contribution is 0.146. The minimum absolute atomic E-state index is 0. The fourth-order valence-corrected chi connectivity index (χ4v) is 3.45. The number of aliphatic imine (C=N–C) groups is 1. The molecule has 0 aliphatic heterocycles. The van der Waals surface area contributed by atoms with Crippen molar-refractivity contribution in [1.29, 1.82) is 0 Å². The molecule has 174 valence electrons. The van der Waals surface area contributed by atoms with Gasteiger partial charge >= 0.3 is 0 Å². The topological polar surface area (TPSA) is 76.4 Å². The number of rotatable bonds is 11. The summed E-state index contributed by atoms with van der Waals surface area (Å²) in [6, 6.07) is 15.2. The van der Waals surface area contributed by atoms with Crippen molar-refractivity contribution in [1.82, 2.24) is 25.4 Å². The first kappa shape index (κ1) is 26.1. The molecule has 1 heterocycles. The predicted molar refractivity (Wildman–Crippen MR) is 142 cm³/mol. The van der Waals surface area contributed by atoms with Crippen LogP contribution in [0.2, 0.25) is 0 Å². The second-order valence-corrected chi connectivity index (χ2v) is 7.47. The van der Waals surface area contributed by atoms with E-state index in [0.29, 0.717) is 6.54 Å². The Labute approximate surface area is 208 Å². The molecule has 0 saturated carbocycles. The Morgan fingerprint density at radius 2 is 1.97 bits per heavy atom. The van der Waals surface area contributed by atoms with Crippen molar-refractivity contribution < 1.29 is 4.74 Å². The summed E-state index contributed by atoms with van der Waals surface area (Å²) in [4.78, 5) is 4.76. The minimum Gasteiger partial charge on any atom is -0.382 e. The van der Waals surface area contributed by atoms with Gasteiger partial charge in [0.05, 0.1) is 6.04 Å². The summed E-state index contributed by atoms with van der Waals surface area (Å²) in [6.07, 6.45) is 3.55. The molecule has 0 radical (unpaired) electrons. The van der Waals surface area contributed by atoms with Crippen LogP contribution >= 0.6 is 24.0 Å². The van der Waals surface area contributed by atoms with E-state index in [1.807, 2.05) is 6.92 Å². The summed E-state index contributed by atoms with van der Waals surface area (Å²) in [5.74, 6) is 1.80. The standard InChI is InChI=1S/C24H34N6O.HI/c1-4-23-29-27-18-30(23)15-14-26-24(25-13-8-16-31-5-2)28-19(3)21-12-11-20-9-6-7-10-22(20)17-21;/h6-7,9-12,17-19H,4-5,8,13-16H2,1-3H3,(H2,25,26,28);1H. The van der Waals surface area contributed by atoms with Crippen LogP contribution in [0.5, 0.6) is 0 Å². The second kappa shape index (κ2) is 14.1. The molecule has 1 unspecified atom stereocenters. The zero-order chi connectivity index (χ0) is 21.9. The molecule has 8 heteroatoms. The van der Waals surface area contributed by atoms with E-state index < -0.39 is 0 Å². The number of aryl methyl sites for hydroxylation is 1. The molecule has 1 aromatic heterocycles. The Morgan fingerprint density at radius 3 is 2.75 bits per heavy atom. The van der Waals surface area contributed by atoms with Gasteiger partial charge in [0.2, 0.25) is 0 Å². The van der Waals surface area contributed by atoms with Gasteiger partial charge in [0.25, 0.3) is 0 Å². The van der Waals surface area contributed by atoms with Gasteiger partial charge in [0.1, 0.15) is 12.2 Å². The zero-order valence-corrected chi connectivity index (χ0v) is 21.6. The number of halogens is 1. The highest BCUT2D eigenvalue weighted by atomic mass is 127. The van der Waals surface area contributed by atoms with E-state index in [-0.39, 0.29) is 30.0 Å². The number of fused-ring (bicyclic) bond motifs is 1. The number of ether oxygens (including phenoxy) is 1. The maximum absolute atomic E-state index is 5.43. The van der Waals surface area contributed by atoms with Crippen LogP contribution < -0.4 is 10.6 Å². The molecular weight excluding hydrogens is 515 g/mol. The van der Waals surface area contributed by atoms with E-state index in [1.54, 1.807) is 6.33 Å². The van der Waals surface area contributed by atoms with E-state index in [2.05, 4.69) is 81.7 Å². The molecule has 0 bridgehead atoms. The molecule has 0 amide bonds. The van der Waals surface area contributed by atoms with Crippen molar-refractivity contribution in [3.05, 3.63) is 60.2 Å². The van der Waals surface area contributed by atoms with Crippen LogP contribution in [0.25, 0.3) is 10.8 Å². The molecule has 3 aromatic rings. The number of nitrogens with zero attached hydrogens (tertiary/aromatic N) is 4. The van der Waals surface area contributed by atoms with Gasteiger partial charge in [-0.1, -0.05) is 43.3 Å². The highest BCUT2D eigenvalue weighted by Crippen LogP contribution is 2.20. The lowest BCUT2D eigenvalue weighted by atomic mass is 10.0. The average Bonchev–Trinajstić information content (AvgIpc) is 3.25. The van der Waals surface area contributed by atoms with E-state index in [1.165, 1.54) is 16.3 Å². The lowest BCUT2D eigenvalue weighted by Crippen LogP contribution is -2.40. The molecule has 0 aliphatic rings. The second-order valence-electron chi connectivity index (χ2n) is 7.47. The monoisotopic (exact) mass is 550 g/mol. The van der Waals surface area contributed by atoms with Gasteiger partial charge in [0, 0.05) is 39.3 Å². The molecular formula is C24H35IN6O. The van der Waals surface area contributed by atoms with Gasteiger partial charge in [-0.2, -0.15) is 0 Å². The van der Waals surface area contributed by atoms with Crippen molar-refractivity contribution in [2.24, 2.45) is 4.99 Å². The number of hydrogen-bond donors (Lipinski definition) is 2. The quantitative estimate of drug-likeness (QED) is 0.161. The highest BCUT2D eigenvalue weighted by Gasteiger charge is 2.09. The summed E-state index contributed by atoms with van der Waals surface area (Å²) in [6.45, 7) is 9.99. The largest absolute Gasteiger partial charge is 0.382 e. The van der Waals surface area contributed by atoms with E-state index in [4.69, 9.17) is 9.73 Å². The first-order chi connectivity index (χ1) is 15.2. The molecule has 0 aliphatic carbocycles. The minimum atomic E-state index is 0. The van der Waals surface area contributed by atoms with Crippen LogP contribution in [0, 0.1) is 0 Å². The van der Waals surface area contributed by atoms with Crippen molar-refractivity contribution in [3.8, 4) is 0 Å². The Kier molecular flexibility index (Phi) is 11.4. The Morgan fingerprint density at radius 1 is 1.16 bits per heavy atom. The predicted octanol–water partition coefficient (Wildman–Crippen LogP) is 4.33. The summed E-state index contributed by atoms with van der Waals surface area (Å²) in [7, 11) is 0. The fourth-order valence-electron chi connectivity index (χ4n) is 3.45. The van der Waals surface area contributed by atoms with Crippen LogP contribution in [0.3, 0.4) is 0 Å². The molecule has 32 heavy (non-hydrogen) atoms. The number of nitrogens with one attached hydrogen (secondary N) is 2. The van der Waals surface area contributed by atoms with Crippen LogP contribution in [0.1, 0.15) is 44.6 Å². The van der Waals surface area contributed by atoms with Gasteiger partial charge in [-0.25, -0.2) is 0 Å².